The summed E-state index contributed by atoms with van der Waals surface area (Å²) in [5.41, 5.74) is 6.13. The van der Waals surface area contributed by atoms with Gasteiger partial charge in [0.25, 0.3) is 0 Å². The summed E-state index contributed by atoms with van der Waals surface area (Å²) in [6, 6.07) is 7.37. The summed E-state index contributed by atoms with van der Waals surface area (Å²) >= 11 is 11.1. The van der Waals surface area contributed by atoms with Crippen LogP contribution in [-0.4, -0.2) is 10.9 Å². The molecule has 1 fully saturated rings. The number of rotatable bonds is 4. The zero-order valence-corrected chi connectivity index (χ0v) is 13.1. The second-order valence-corrected chi connectivity index (χ2v) is 6.28. The highest BCUT2D eigenvalue weighted by atomic mass is 35.5. The number of benzene rings is 1. The predicted molar refractivity (Wildman–Crippen MR) is 85.7 cm³/mol. The van der Waals surface area contributed by atoms with Gasteiger partial charge in [-0.05, 0) is 37.5 Å². The summed E-state index contributed by atoms with van der Waals surface area (Å²) in [7, 11) is 0. The van der Waals surface area contributed by atoms with Gasteiger partial charge in [0.05, 0.1) is 16.4 Å². The standard InChI is InChI=1S/C15H19ClN2OS/c1-10(11-5-4-6-12(16)9-11)18-14(19)15(13(17)20)7-2-3-8-15/h4-6,9-10H,2-3,7-8H2,1H3,(H2,17,20)(H,18,19). The van der Waals surface area contributed by atoms with E-state index in [1.54, 1.807) is 0 Å². The van der Waals surface area contributed by atoms with Crippen LogP contribution in [0.1, 0.15) is 44.2 Å². The number of carbonyl (C=O) groups is 1. The Kier molecular flexibility index (Phi) is 4.66. The van der Waals surface area contributed by atoms with E-state index in [0.29, 0.717) is 10.0 Å². The van der Waals surface area contributed by atoms with Gasteiger partial charge in [-0.15, -0.1) is 0 Å². The first kappa shape index (κ1) is 15.3. The van der Waals surface area contributed by atoms with E-state index < -0.39 is 5.41 Å². The number of hydrogen-bond acceptors (Lipinski definition) is 2. The van der Waals surface area contributed by atoms with Crippen LogP contribution in [0.5, 0.6) is 0 Å². The molecule has 3 nitrogen and oxygen atoms in total. The van der Waals surface area contributed by atoms with Gasteiger partial charge in [-0.3, -0.25) is 4.79 Å². The normalized spacial score (nSPS) is 18.5. The molecule has 1 aliphatic carbocycles. The fraction of sp³-hybridized carbons (Fsp3) is 0.467. The molecule has 1 saturated carbocycles. The van der Waals surface area contributed by atoms with E-state index in [1.807, 2.05) is 31.2 Å². The molecule has 0 heterocycles. The van der Waals surface area contributed by atoms with Crippen molar-refractivity contribution in [1.29, 1.82) is 0 Å². The van der Waals surface area contributed by atoms with Crippen LogP contribution >= 0.6 is 23.8 Å². The minimum atomic E-state index is -0.665. The Morgan fingerprint density at radius 1 is 1.45 bits per heavy atom. The van der Waals surface area contributed by atoms with Gasteiger partial charge < -0.3 is 11.1 Å². The van der Waals surface area contributed by atoms with E-state index in [0.717, 1.165) is 31.2 Å². The Morgan fingerprint density at radius 3 is 2.65 bits per heavy atom. The summed E-state index contributed by atoms with van der Waals surface area (Å²) in [5, 5.41) is 3.68. The van der Waals surface area contributed by atoms with Crippen molar-refractivity contribution in [2.75, 3.05) is 0 Å². The lowest BCUT2D eigenvalue weighted by Crippen LogP contribution is -2.47. The summed E-state index contributed by atoms with van der Waals surface area (Å²) in [6.45, 7) is 1.94. The smallest absolute Gasteiger partial charge is 0.233 e. The monoisotopic (exact) mass is 310 g/mol. The van der Waals surface area contributed by atoms with Crippen molar-refractivity contribution >= 4 is 34.7 Å². The fourth-order valence-electron chi connectivity index (χ4n) is 2.76. The number of amides is 1. The molecule has 1 unspecified atom stereocenters. The minimum Gasteiger partial charge on any atom is -0.392 e. The average Bonchev–Trinajstić information content (AvgIpc) is 2.89. The van der Waals surface area contributed by atoms with Gasteiger partial charge in [-0.2, -0.15) is 0 Å². The van der Waals surface area contributed by atoms with Crippen LogP contribution in [0.2, 0.25) is 5.02 Å². The van der Waals surface area contributed by atoms with E-state index in [1.165, 1.54) is 0 Å². The molecule has 0 bridgehead atoms. The molecule has 1 aliphatic rings. The molecule has 0 aliphatic heterocycles. The van der Waals surface area contributed by atoms with Gasteiger partial charge in [0.2, 0.25) is 5.91 Å². The van der Waals surface area contributed by atoms with Crippen LogP contribution < -0.4 is 11.1 Å². The van der Waals surface area contributed by atoms with Crippen molar-refractivity contribution in [1.82, 2.24) is 5.32 Å². The van der Waals surface area contributed by atoms with Crippen LogP contribution in [0.3, 0.4) is 0 Å². The molecule has 108 valence electrons. The van der Waals surface area contributed by atoms with E-state index in [9.17, 15) is 4.79 Å². The third-order valence-corrected chi connectivity index (χ3v) is 4.69. The van der Waals surface area contributed by atoms with Crippen LogP contribution in [0.15, 0.2) is 24.3 Å². The van der Waals surface area contributed by atoms with Crippen molar-refractivity contribution in [2.45, 2.75) is 38.6 Å². The minimum absolute atomic E-state index is 0.0602. The van der Waals surface area contributed by atoms with Crippen LogP contribution in [0.25, 0.3) is 0 Å². The molecule has 1 aromatic carbocycles. The van der Waals surface area contributed by atoms with E-state index >= 15 is 0 Å². The summed E-state index contributed by atoms with van der Waals surface area (Å²) in [6.07, 6.45) is 3.49. The molecule has 1 atom stereocenters. The van der Waals surface area contributed by atoms with E-state index in [2.05, 4.69) is 5.32 Å². The molecule has 0 radical (unpaired) electrons. The summed E-state index contributed by atoms with van der Waals surface area (Å²) < 4.78 is 0. The van der Waals surface area contributed by atoms with Gasteiger partial charge in [0.15, 0.2) is 0 Å². The number of nitrogens with one attached hydrogen (secondary N) is 1. The number of carbonyl (C=O) groups excluding carboxylic acids is 1. The molecular formula is C15H19ClN2OS. The maximum Gasteiger partial charge on any atom is 0.233 e. The molecule has 20 heavy (non-hydrogen) atoms. The van der Waals surface area contributed by atoms with Crippen LogP contribution in [0.4, 0.5) is 0 Å². The number of nitrogens with two attached hydrogens (primary N) is 1. The first-order valence-corrected chi connectivity index (χ1v) is 7.61. The Morgan fingerprint density at radius 2 is 2.10 bits per heavy atom. The largest absolute Gasteiger partial charge is 0.392 e. The Labute approximate surface area is 129 Å². The van der Waals surface area contributed by atoms with Crippen molar-refractivity contribution in [2.24, 2.45) is 11.1 Å². The molecular weight excluding hydrogens is 292 g/mol. The summed E-state index contributed by atoms with van der Waals surface area (Å²) in [4.78, 5) is 12.9. The molecule has 3 N–H and O–H groups in total. The Balaban J connectivity index is 2.12. The third kappa shape index (κ3) is 2.96. The molecule has 2 rings (SSSR count). The molecule has 1 aromatic rings. The van der Waals surface area contributed by atoms with Crippen LogP contribution in [0, 0.1) is 5.41 Å². The highest BCUT2D eigenvalue weighted by Crippen LogP contribution is 2.39. The van der Waals surface area contributed by atoms with E-state index in [-0.39, 0.29) is 11.9 Å². The highest BCUT2D eigenvalue weighted by molar-refractivity contribution is 7.80. The number of thiocarbonyl (C=S) groups is 1. The lowest BCUT2D eigenvalue weighted by Gasteiger charge is -2.28. The first-order chi connectivity index (χ1) is 9.45. The first-order valence-electron chi connectivity index (χ1n) is 6.82. The molecule has 0 spiro atoms. The van der Waals surface area contributed by atoms with Gasteiger partial charge >= 0.3 is 0 Å². The van der Waals surface area contributed by atoms with Gasteiger partial charge in [-0.25, -0.2) is 0 Å². The Bertz CT molecular complexity index is 526. The van der Waals surface area contributed by atoms with Crippen molar-refractivity contribution in [3.8, 4) is 0 Å². The second-order valence-electron chi connectivity index (χ2n) is 5.40. The second kappa shape index (κ2) is 6.10. The van der Waals surface area contributed by atoms with Gasteiger partial charge in [0, 0.05) is 5.02 Å². The zero-order chi connectivity index (χ0) is 14.8. The summed E-state index contributed by atoms with van der Waals surface area (Å²) in [5.74, 6) is -0.0602. The molecule has 5 heteroatoms. The van der Waals surface area contributed by atoms with Crippen LogP contribution in [-0.2, 0) is 4.79 Å². The van der Waals surface area contributed by atoms with Crippen molar-refractivity contribution in [3.05, 3.63) is 34.9 Å². The lowest BCUT2D eigenvalue weighted by molar-refractivity contribution is -0.128. The molecule has 0 saturated heterocycles. The van der Waals surface area contributed by atoms with E-state index in [4.69, 9.17) is 29.6 Å². The zero-order valence-electron chi connectivity index (χ0n) is 11.5. The predicted octanol–water partition coefficient (Wildman–Crippen LogP) is 3.36. The van der Waals surface area contributed by atoms with Crippen molar-refractivity contribution in [3.63, 3.8) is 0 Å². The fourth-order valence-corrected chi connectivity index (χ4v) is 3.25. The van der Waals surface area contributed by atoms with Crippen molar-refractivity contribution < 1.29 is 4.79 Å². The highest BCUT2D eigenvalue weighted by Gasteiger charge is 2.44. The lowest BCUT2D eigenvalue weighted by atomic mass is 9.84. The maximum atomic E-state index is 12.6. The average molecular weight is 311 g/mol. The number of halogens is 1. The molecule has 0 aromatic heterocycles. The third-order valence-electron chi connectivity index (χ3n) is 4.06. The SMILES string of the molecule is CC(NC(=O)C1(C(N)=S)CCCC1)c1cccc(Cl)c1. The quantitative estimate of drug-likeness (QED) is 0.838. The van der Waals surface area contributed by atoms with Gasteiger partial charge in [-0.1, -0.05) is 48.8 Å². The maximum absolute atomic E-state index is 12.6. The number of hydrogen-bond donors (Lipinski definition) is 2. The van der Waals surface area contributed by atoms with Gasteiger partial charge in [0.1, 0.15) is 0 Å². The Hall–Kier alpha value is -1.13. The molecule has 1 amide bonds. The topological polar surface area (TPSA) is 55.1 Å².